The maximum Gasteiger partial charge on any atom is 0.323 e. The lowest BCUT2D eigenvalue weighted by Crippen LogP contribution is -2.48. The number of nitrogens with one attached hydrogen (secondary N) is 1. The van der Waals surface area contributed by atoms with E-state index in [1.807, 2.05) is 0 Å². The summed E-state index contributed by atoms with van der Waals surface area (Å²) < 4.78 is 5.76. The van der Waals surface area contributed by atoms with Crippen LogP contribution in [0.2, 0.25) is 0 Å². The Morgan fingerprint density at radius 2 is 2.29 bits per heavy atom. The first-order valence-electron chi connectivity index (χ1n) is 6.54. The lowest BCUT2D eigenvalue weighted by molar-refractivity contribution is -0.144. The monoisotopic (exact) mass is 243 g/mol. The first kappa shape index (κ1) is 14.5. The van der Waals surface area contributed by atoms with E-state index in [0.717, 1.165) is 19.4 Å². The largest absolute Gasteiger partial charge is 0.480 e. The molecule has 0 aliphatic heterocycles. The van der Waals surface area contributed by atoms with Crippen LogP contribution in [0.3, 0.4) is 0 Å². The van der Waals surface area contributed by atoms with Crippen molar-refractivity contribution in [2.24, 2.45) is 5.92 Å². The highest BCUT2D eigenvalue weighted by molar-refractivity contribution is 5.79. The molecule has 1 aliphatic carbocycles. The van der Waals surface area contributed by atoms with Gasteiger partial charge in [-0.2, -0.15) is 0 Å². The second kappa shape index (κ2) is 6.36. The molecule has 0 radical (unpaired) electrons. The number of carboxylic acids is 1. The molecule has 2 unspecified atom stereocenters. The van der Waals surface area contributed by atoms with Crippen LogP contribution in [0.5, 0.6) is 0 Å². The van der Waals surface area contributed by atoms with Gasteiger partial charge in [0.05, 0.1) is 6.10 Å². The number of rotatable bonds is 7. The van der Waals surface area contributed by atoms with Gasteiger partial charge in [-0.3, -0.25) is 4.79 Å². The van der Waals surface area contributed by atoms with E-state index >= 15 is 0 Å². The van der Waals surface area contributed by atoms with Crippen molar-refractivity contribution < 1.29 is 14.6 Å². The van der Waals surface area contributed by atoms with Crippen LogP contribution in [-0.2, 0) is 9.53 Å². The van der Waals surface area contributed by atoms with E-state index in [1.165, 1.54) is 6.42 Å². The fraction of sp³-hybridized carbons (Fsp3) is 0.923. The van der Waals surface area contributed by atoms with Crippen molar-refractivity contribution in [3.05, 3.63) is 0 Å². The van der Waals surface area contributed by atoms with Crippen molar-refractivity contribution in [2.45, 2.75) is 57.6 Å². The summed E-state index contributed by atoms with van der Waals surface area (Å²) in [6.45, 7) is 5.15. The van der Waals surface area contributed by atoms with Crippen molar-refractivity contribution in [3.8, 4) is 0 Å². The highest BCUT2D eigenvalue weighted by Gasteiger charge is 2.44. The molecule has 17 heavy (non-hydrogen) atoms. The van der Waals surface area contributed by atoms with Gasteiger partial charge in [0.1, 0.15) is 5.54 Å². The maximum atomic E-state index is 11.2. The summed E-state index contributed by atoms with van der Waals surface area (Å²) in [7, 11) is 1.72. The third-order valence-corrected chi connectivity index (χ3v) is 3.64. The normalized spacial score (nSPS) is 28.8. The molecule has 0 aromatic carbocycles. The summed E-state index contributed by atoms with van der Waals surface area (Å²) in [5.41, 5.74) is -0.761. The molecule has 2 N–H and O–H groups in total. The maximum absolute atomic E-state index is 11.2. The van der Waals surface area contributed by atoms with E-state index in [4.69, 9.17) is 4.74 Å². The van der Waals surface area contributed by atoms with E-state index in [1.54, 1.807) is 7.05 Å². The van der Waals surface area contributed by atoms with Crippen LogP contribution in [-0.4, -0.2) is 36.4 Å². The van der Waals surface area contributed by atoms with Gasteiger partial charge in [0, 0.05) is 13.0 Å². The molecule has 4 nitrogen and oxygen atoms in total. The molecule has 0 aromatic rings. The van der Waals surface area contributed by atoms with Gasteiger partial charge in [-0.25, -0.2) is 0 Å². The molecular weight excluding hydrogens is 218 g/mol. The van der Waals surface area contributed by atoms with Gasteiger partial charge in [0.15, 0.2) is 0 Å². The van der Waals surface area contributed by atoms with Gasteiger partial charge in [-0.15, -0.1) is 0 Å². The Bertz CT molecular complexity index is 255. The third-order valence-electron chi connectivity index (χ3n) is 3.64. The number of hydrogen-bond acceptors (Lipinski definition) is 3. The van der Waals surface area contributed by atoms with Gasteiger partial charge in [-0.05, 0) is 38.6 Å². The number of likely N-dealkylation sites (N-methyl/N-ethyl adjacent to an activating group) is 1. The quantitative estimate of drug-likeness (QED) is 0.672. The molecule has 0 amide bonds. The summed E-state index contributed by atoms with van der Waals surface area (Å²) in [4.78, 5) is 11.2. The van der Waals surface area contributed by atoms with Crippen molar-refractivity contribution in [2.75, 3.05) is 13.7 Å². The molecule has 4 heteroatoms. The average Bonchev–Trinajstić information content (AvgIpc) is 2.69. The number of hydrogen-bond donors (Lipinski definition) is 2. The highest BCUT2D eigenvalue weighted by atomic mass is 16.5. The summed E-state index contributed by atoms with van der Waals surface area (Å²) in [5, 5.41) is 12.1. The number of carboxylic acid groups (broad SMARTS) is 1. The first-order valence-corrected chi connectivity index (χ1v) is 6.54. The minimum Gasteiger partial charge on any atom is -0.480 e. The van der Waals surface area contributed by atoms with Gasteiger partial charge in [-0.1, -0.05) is 13.8 Å². The van der Waals surface area contributed by atoms with Crippen molar-refractivity contribution in [1.82, 2.24) is 5.32 Å². The van der Waals surface area contributed by atoms with E-state index in [2.05, 4.69) is 19.2 Å². The van der Waals surface area contributed by atoms with Gasteiger partial charge < -0.3 is 15.2 Å². The smallest absolute Gasteiger partial charge is 0.323 e. The topological polar surface area (TPSA) is 58.6 Å². The van der Waals surface area contributed by atoms with Crippen LogP contribution in [0.4, 0.5) is 0 Å². The van der Waals surface area contributed by atoms with Gasteiger partial charge in [0.2, 0.25) is 0 Å². The third kappa shape index (κ3) is 3.96. The van der Waals surface area contributed by atoms with Crippen LogP contribution < -0.4 is 5.32 Å². The molecule has 0 saturated heterocycles. The fourth-order valence-electron chi connectivity index (χ4n) is 2.41. The Balaban J connectivity index is 2.28. The zero-order chi connectivity index (χ0) is 12.9. The molecule has 0 bridgehead atoms. The van der Waals surface area contributed by atoms with Crippen LogP contribution in [0.15, 0.2) is 0 Å². The lowest BCUT2D eigenvalue weighted by Gasteiger charge is -2.23. The Morgan fingerprint density at radius 1 is 1.59 bits per heavy atom. The zero-order valence-electron chi connectivity index (χ0n) is 11.2. The van der Waals surface area contributed by atoms with Gasteiger partial charge in [0.25, 0.3) is 0 Å². The summed E-state index contributed by atoms with van der Waals surface area (Å²) in [5.74, 6) is -0.0501. The summed E-state index contributed by atoms with van der Waals surface area (Å²) >= 11 is 0. The summed E-state index contributed by atoms with van der Waals surface area (Å²) in [6.07, 6.45) is 4.42. The molecule has 0 heterocycles. The van der Waals surface area contributed by atoms with Crippen LogP contribution in [0.25, 0.3) is 0 Å². The minimum absolute atomic E-state index is 0.103. The van der Waals surface area contributed by atoms with E-state index in [9.17, 15) is 9.90 Å². The minimum atomic E-state index is -0.761. The predicted molar refractivity (Wildman–Crippen MR) is 67.1 cm³/mol. The van der Waals surface area contributed by atoms with Crippen molar-refractivity contribution in [3.63, 3.8) is 0 Å². The second-order valence-electron chi connectivity index (χ2n) is 5.41. The standard InChI is InChI=1S/C13H25NO3/c1-10(2)5-4-8-17-11-6-7-13(9-11,14-3)12(15)16/h10-11,14H,4-9H2,1-3H3,(H,15,16). The molecule has 0 aromatic heterocycles. The Kier molecular flexibility index (Phi) is 5.40. The van der Waals surface area contributed by atoms with E-state index < -0.39 is 11.5 Å². The second-order valence-corrected chi connectivity index (χ2v) is 5.41. The molecule has 1 aliphatic rings. The Hall–Kier alpha value is -0.610. The zero-order valence-corrected chi connectivity index (χ0v) is 11.2. The molecule has 1 saturated carbocycles. The number of aliphatic carboxylic acids is 1. The Labute approximate surface area is 104 Å². The molecular formula is C13H25NO3. The van der Waals surface area contributed by atoms with Crippen molar-refractivity contribution in [1.29, 1.82) is 0 Å². The molecule has 100 valence electrons. The van der Waals surface area contributed by atoms with Gasteiger partial charge >= 0.3 is 5.97 Å². The molecule has 1 rings (SSSR count). The molecule has 0 spiro atoms. The Morgan fingerprint density at radius 3 is 2.76 bits per heavy atom. The summed E-state index contributed by atoms with van der Waals surface area (Å²) in [6, 6.07) is 0. The van der Waals surface area contributed by atoms with E-state index in [0.29, 0.717) is 18.8 Å². The molecule has 1 fully saturated rings. The first-order chi connectivity index (χ1) is 8.00. The predicted octanol–water partition coefficient (Wildman–Crippen LogP) is 2.03. The van der Waals surface area contributed by atoms with Crippen LogP contribution in [0, 0.1) is 5.92 Å². The lowest BCUT2D eigenvalue weighted by atomic mass is 9.98. The SMILES string of the molecule is CNC1(C(=O)O)CCC(OCCCC(C)C)C1. The van der Waals surface area contributed by atoms with Crippen LogP contribution >= 0.6 is 0 Å². The number of carbonyl (C=O) groups is 1. The average molecular weight is 243 g/mol. The highest BCUT2D eigenvalue weighted by Crippen LogP contribution is 2.32. The number of ether oxygens (including phenoxy) is 1. The fourth-order valence-corrected chi connectivity index (χ4v) is 2.41. The van der Waals surface area contributed by atoms with Crippen LogP contribution in [0.1, 0.15) is 46.0 Å². The van der Waals surface area contributed by atoms with Crippen molar-refractivity contribution >= 4 is 5.97 Å². The van der Waals surface area contributed by atoms with E-state index in [-0.39, 0.29) is 6.10 Å². The molecule has 2 atom stereocenters.